The Morgan fingerprint density at radius 3 is 2.70 bits per heavy atom. The van der Waals surface area contributed by atoms with Crippen molar-refractivity contribution in [3.05, 3.63) is 62.7 Å². The number of nitrogens with zero attached hydrogens (tertiary/aromatic N) is 1. The summed E-state index contributed by atoms with van der Waals surface area (Å²) in [7, 11) is 0. The second kappa shape index (κ2) is 5.79. The number of hydrogen-bond acceptors (Lipinski definition) is 4. The topological polar surface area (TPSA) is 78.4 Å². The first-order chi connectivity index (χ1) is 9.47. The van der Waals surface area contributed by atoms with Crippen molar-refractivity contribution in [2.24, 2.45) is 0 Å². The van der Waals surface area contributed by atoms with Gasteiger partial charge in [0.25, 0.3) is 5.69 Å². The highest BCUT2D eigenvalue weighted by Crippen LogP contribution is 2.27. The molecule has 0 atom stereocenters. The number of benzene rings is 2. The molecule has 20 heavy (non-hydrogen) atoms. The van der Waals surface area contributed by atoms with Crippen LogP contribution in [0.3, 0.4) is 0 Å². The van der Waals surface area contributed by atoms with Crippen LogP contribution < -0.4 is 10.5 Å². The Hall–Kier alpha value is -2.27. The zero-order chi connectivity index (χ0) is 14.7. The summed E-state index contributed by atoms with van der Waals surface area (Å²) in [6.45, 7) is 2.18. The molecule has 6 heteroatoms. The highest BCUT2D eigenvalue weighted by molar-refractivity contribution is 6.32. The van der Waals surface area contributed by atoms with Crippen molar-refractivity contribution in [1.82, 2.24) is 0 Å². The van der Waals surface area contributed by atoms with Crippen LogP contribution in [0.25, 0.3) is 0 Å². The molecule has 0 bridgehead atoms. The van der Waals surface area contributed by atoms with Gasteiger partial charge in [0.1, 0.15) is 18.0 Å². The molecule has 0 spiro atoms. The summed E-state index contributed by atoms with van der Waals surface area (Å²) in [6, 6.07) is 9.98. The van der Waals surface area contributed by atoms with E-state index in [1.54, 1.807) is 12.1 Å². The third-order valence-electron chi connectivity index (χ3n) is 2.77. The number of rotatable bonds is 4. The molecule has 104 valence electrons. The lowest BCUT2D eigenvalue weighted by Crippen LogP contribution is -2.00. The first-order valence-electron chi connectivity index (χ1n) is 5.89. The summed E-state index contributed by atoms with van der Waals surface area (Å²) in [4.78, 5) is 10.2. The van der Waals surface area contributed by atoms with Crippen LogP contribution >= 0.6 is 11.6 Å². The summed E-state index contributed by atoms with van der Waals surface area (Å²) in [5, 5.41) is 11.2. The second-order valence-corrected chi connectivity index (χ2v) is 4.78. The van der Waals surface area contributed by atoms with Gasteiger partial charge in [-0.1, -0.05) is 17.7 Å². The Labute approximate surface area is 121 Å². The lowest BCUT2D eigenvalue weighted by atomic mass is 10.2. The van der Waals surface area contributed by atoms with E-state index in [9.17, 15) is 10.1 Å². The van der Waals surface area contributed by atoms with E-state index in [0.29, 0.717) is 10.8 Å². The summed E-state index contributed by atoms with van der Waals surface area (Å²) in [6.07, 6.45) is 0. The Morgan fingerprint density at radius 1 is 1.30 bits per heavy atom. The van der Waals surface area contributed by atoms with Crippen molar-refractivity contribution in [3.63, 3.8) is 0 Å². The van der Waals surface area contributed by atoms with Crippen molar-refractivity contribution in [2.45, 2.75) is 13.5 Å². The Kier molecular flexibility index (Phi) is 4.10. The van der Waals surface area contributed by atoms with Gasteiger partial charge in [0.05, 0.1) is 9.95 Å². The van der Waals surface area contributed by atoms with E-state index in [1.165, 1.54) is 12.1 Å². The number of nitro groups is 1. The molecule has 2 rings (SSSR count). The van der Waals surface area contributed by atoms with Gasteiger partial charge in [-0.2, -0.15) is 0 Å². The summed E-state index contributed by atoms with van der Waals surface area (Å²) < 4.78 is 5.60. The number of nitrogens with two attached hydrogens (primary N) is 1. The third-order valence-corrected chi connectivity index (χ3v) is 3.08. The molecule has 2 N–H and O–H groups in total. The van der Waals surface area contributed by atoms with Gasteiger partial charge in [0, 0.05) is 6.07 Å². The number of nitrogen functional groups attached to an aromatic ring is 1. The number of anilines is 1. The molecule has 2 aromatic rings. The monoisotopic (exact) mass is 292 g/mol. The van der Waals surface area contributed by atoms with Crippen LogP contribution in [-0.2, 0) is 6.61 Å². The molecule has 0 unspecified atom stereocenters. The quantitative estimate of drug-likeness (QED) is 0.529. The fourth-order valence-corrected chi connectivity index (χ4v) is 1.91. The van der Waals surface area contributed by atoms with Crippen LogP contribution in [0, 0.1) is 17.0 Å². The smallest absolute Gasteiger partial charge is 0.292 e. The summed E-state index contributed by atoms with van der Waals surface area (Å²) in [5.41, 5.74) is 7.41. The molecular formula is C14H13ClN2O3. The van der Waals surface area contributed by atoms with E-state index in [0.717, 1.165) is 11.1 Å². The first-order valence-corrected chi connectivity index (χ1v) is 6.27. The van der Waals surface area contributed by atoms with Crippen LogP contribution in [-0.4, -0.2) is 4.92 Å². The average molecular weight is 293 g/mol. The van der Waals surface area contributed by atoms with Crippen LogP contribution in [0.4, 0.5) is 11.4 Å². The van der Waals surface area contributed by atoms with E-state index in [-0.39, 0.29) is 18.0 Å². The largest absolute Gasteiger partial charge is 0.487 e. The fourth-order valence-electron chi connectivity index (χ4n) is 1.74. The molecule has 0 aliphatic carbocycles. The number of ether oxygens (including phenoxy) is 1. The first kappa shape index (κ1) is 14.1. The lowest BCUT2D eigenvalue weighted by Gasteiger charge is -2.09. The SMILES string of the molecule is Cc1ccc(Cl)c(OCc2ccc([N+](=O)[O-])c(N)c2)c1. The Morgan fingerprint density at radius 2 is 2.05 bits per heavy atom. The van der Waals surface area contributed by atoms with Gasteiger partial charge in [-0.3, -0.25) is 10.1 Å². The Balaban J connectivity index is 2.13. The number of aryl methyl sites for hydroxylation is 1. The second-order valence-electron chi connectivity index (χ2n) is 4.37. The van der Waals surface area contributed by atoms with Gasteiger partial charge in [-0.15, -0.1) is 0 Å². The minimum atomic E-state index is -0.516. The number of nitro benzene ring substituents is 1. The molecule has 0 saturated heterocycles. The maximum Gasteiger partial charge on any atom is 0.292 e. The van der Waals surface area contributed by atoms with Gasteiger partial charge in [0.15, 0.2) is 0 Å². The molecule has 5 nitrogen and oxygen atoms in total. The van der Waals surface area contributed by atoms with E-state index in [1.807, 2.05) is 19.1 Å². The molecule has 0 fully saturated rings. The van der Waals surface area contributed by atoms with Crippen molar-refractivity contribution in [1.29, 1.82) is 0 Å². The molecule has 0 saturated carbocycles. The van der Waals surface area contributed by atoms with Crippen molar-refractivity contribution < 1.29 is 9.66 Å². The highest BCUT2D eigenvalue weighted by atomic mass is 35.5. The average Bonchev–Trinajstić information content (AvgIpc) is 2.39. The minimum Gasteiger partial charge on any atom is -0.487 e. The molecule has 0 aliphatic heterocycles. The normalized spacial score (nSPS) is 10.3. The molecule has 0 aliphatic rings. The molecule has 0 heterocycles. The van der Waals surface area contributed by atoms with Gasteiger partial charge in [-0.05, 0) is 42.3 Å². The maximum absolute atomic E-state index is 10.7. The van der Waals surface area contributed by atoms with Crippen molar-refractivity contribution in [2.75, 3.05) is 5.73 Å². The minimum absolute atomic E-state index is 0.109. The molecule has 0 aromatic heterocycles. The maximum atomic E-state index is 10.7. The standard InChI is InChI=1S/C14H13ClN2O3/c1-9-2-4-11(15)14(6-9)20-8-10-3-5-13(17(18)19)12(16)7-10/h2-7H,8,16H2,1H3. The predicted octanol–water partition coefficient (Wildman–Crippen LogP) is 3.72. The van der Waals surface area contributed by atoms with Gasteiger partial charge < -0.3 is 10.5 Å². The van der Waals surface area contributed by atoms with Crippen LogP contribution in [0.5, 0.6) is 5.75 Å². The number of halogens is 1. The number of hydrogen-bond donors (Lipinski definition) is 1. The highest BCUT2D eigenvalue weighted by Gasteiger charge is 2.11. The van der Waals surface area contributed by atoms with Gasteiger partial charge in [-0.25, -0.2) is 0 Å². The van der Waals surface area contributed by atoms with E-state index in [4.69, 9.17) is 22.1 Å². The van der Waals surface area contributed by atoms with E-state index < -0.39 is 4.92 Å². The fraction of sp³-hybridized carbons (Fsp3) is 0.143. The van der Waals surface area contributed by atoms with Crippen LogP contribution in [0.1, 0.15) is 11.1 Å². The third kappa shape index (κ3) is 3.19. The zero-order valence-corrected chi connectivity index (χ0v) is 11.6. The van der Waals surface area contributed by atoms with E-state index >= 15 is 0 Å². The van der Waals surface area contributed by atoms with Gasteiger partial charge in [0.2, 0.25) is 0 Å². The molecular weight excluding hydrogens is 280 g/mol. The lowest BCUT2D eigenvalue weighted by molar-refractivity contribution is -0.383. The van der Waals surface area contributed by atoms with Crippen molar-refractivity contribution in [3.8, 4) is 5.75 Å². The summed E-state index contributed by atoms with van der Waals surface area (Å²) in [5.74, 6) is 0.573. The predicted molar refractivity (Wildman–Crippen MR) is 78.0 cm³/mol. The molecule has 2 aromatic carbocycles. The van der Waals surface area contributed by atoms with Crippen molar-refractivity contribution >= 4 is 23.0 Å². The molecule has 0 radical (unpaired) electrons. The van der Waals surface area contributed by atoms with Crippen LogP contribution in [0.2, 0.25) is 5.02 Å². The zero-order valence-electron chi connectivity index (χ0n) is 10.8. The van der Waals surface area contributed by atoms with Crippen LogP contribution in [0.15, 0.2) is 36.4 Å². The van der Waals surface area contributed by atoms with Gasteiger partial charge >= 0.3 is 0 Å². The Bertz CT molecular complexity index is 659. The molecule has 0 amide bonds. The van der Waals surface area contributed by atoms with E-state index in [2.05, 4.69) is 0 Å². The summed E-state index contributed by atoms with van der Waals surface area (Å²) >= 11 is 6.02.